The topological polar surface area (TPSA) is 56.7 Å². The van der Waals surface area contributed by atoms with Crippen LogP contribution in [0.5, 0.6) is 0 Å². The molecule has 2 aromatic rings. The molecule has 9 heteroatoms. The number of aliphatic imine (C=N–C) groups is 1. The van der Waals surface area contributed by atoms with Gasteiger partial charge in [0.15, 0.2) is 5.96 Å². The molecule has 0 bridgehead atoms. The number of nitrogens with one attached hydrogen (secondary N) is 2. The maximum atomic E-state index is 13.6. The van der Waals surface area contributed by atoms with Crippen molar-refractivity contribution in [2.75, 3.05) is 19.6 Å². The molecule has 0 saturated heterocycles. The summed E-state index contributed by atoms with van der Waals surface area (Å²) in [5.74, 6) is -0.397. The fraction of sp³-hybridized carbons (Fsp3) is 0.353. The second-order valence-electron chi connectivity index (χ2n) is 5.29. The second-order valence-corrected chi connectivity index (χ2v) is 7.04. The van der Waals surface area contributed by atoms with Gasteiger partial charge in [0.2, 0.25) is 0 Å². The van der Waals surface area contributed by atoms with Crippen LogP contribution in [0.4, 0.5) is 8.78 Å². The van der Waals surface area contributed by atoms with Crippen molar-refractivity contribution in [2.45, 2.75) is 19.4 Å². The van der Waals surface area contributed by atoms with Crippen LogP contribution < -0.4 is 10.6 Å². The van der Waals surface area contributed by atoms with Crippen LogP contribution in [-0.2, 0) is 6.42 Å². The van der Waals surface area contributed by atoms with Gasteiger partial charge in [-0.3, -0.25) is 4.99 Å². The number of nitrogens with zero attached hydrogens (tertiary/aromatic N) is 1. The summed E-state index contributed by atoms with van der Waals surface area (Å²) in [6, 6.07) is 6.89. The number of benzene rings is 1. The van der Waals surface area contributed by atoms with E-state index in [1.807, 2.05) is 6.92 Å². The Morgan fingerprint density at radius 2 is 2.04 bits per heavy atom. The lowest BCUT2D eigenvalue weighted by atomic mass is 10.1. The fourth-order valence-electron chi connectivity index (χ4n) is 2.17. The average Bonchev–Trinajstić information content (AvgIpc) is 3.02. The Hall–Kier alpha value is -0.970. The molecular formula is C17H21ClF2IN3OS. The molecule has 0 aliphatic carbocycles. The molecule has 2 rings (SSSR count). The summed E-state index contributed by atoms with van der Waals surface area (Å²) in [6.07, 6.45) is -0.425. The first-order valence-electron chi connectivity index (χ1n) is 7.89. The molecule has 0 radical (unpaired) electrons. The van der Waals surface area contributed by atoms with Crippen molar-refractivity contribution in [3.63, 3.8) is 0 Å². The van der Waals surface area contributed by atoms with Crippen LogP contribution in [0.3, 0.4) is 0 Å². The number of rotatable bonds is 7. The second kappa shape index (κ2) is 11.7. The van der Waals surface area contributed by atoms with E-state index in [0.717, 1.165) is 17.0 Å². The van der Waals surface area contributed by atoms with E-state index in [1.54, 1.807) is 12.1 Å². The van der Waals surface area contributed by atoms with Crippen molar-refractivity contribution in [1.29, 1.82) is 0 Å². The summed E-state index contributed by atoms with van der Waals surface area (Å²) in [6.45, 7) is 3.10. The molecule has 1 atom stereocenters. The van der Waals surface area contributed by atoms with E-state index in [-0.39, 0.29) is 30.5 Å². The molecule has 4 nitrogen and oxygen atoms in total. The summed E-state index contributed by atoms with van der Waals surface area (Å²) in [4.78, 5) is 5.05. The zero-order valence-electron chi connectivity index (χ0n) is 14.1. The minimum atomic E-state index is -0.742. The van der Waals surface area contributed by atoms with Gasteiger partial charge in [0, 0.05) is 18.0 Å². The maximum absolute atomic E-state index is 13.6. The lowest BCUT2D eigenvalue weighted by molar-refractivity contribution is 0.191. The normalized spacial score (nSPS) is 12.4. The van der Waals surface area contributed by atoms with Crippen molar-refractivity contribution in [3.05, 3.63) is 56.7 Å². The van der Waals surface area contributed by atoms with Crippen molar-refractivity contribution in [1.82, 2.24) is 10.6 Å². The smallest absolute Gasteiger partial charge is 0.191 e. The van der Waals surface area contributed by atoms with Crippen molar-refractivity contribution in [3.8, 4) is 0 Å². The Morgan fingerprint density at radius 3 is 2.69 bits per heavy atom. The molecule has 144 valence electrons. The molecule has 1 aromatic carbocycles. The third kappa shape index (κ3) is 7.34. The van der Waals surface area contributed by atoms with Gasteiger partial charge >= 0.3 is 0 Å². The summed E-state index contributed by atoms with van der Waals surface area (Å²) in [7, 11) is 0. The zero-order chi connectivity index (χ0) is 18.2. The molecule has 1 unspecified atom stereocenters. The Bertz CT molecular complexity index is 730. The van der Waals surface area contributed by atoms with Crippen LogP contribution >= 0.6 is 46.9 Å². The van der Waals surface area contributed by atoms with E-state index in [9.17, 15) is 13.9 Å². The first kappa shape index (κ1) is 23.1. The number of guanidine groups is 1. The third-order valence-corrected chi connectivity index (χ3v) is 4.72. The Labute approximate surface area is 177 Å². The van der Waals surface area contributed by atoms with Gasteiger partial charge < -0.3 is 15.7 Å². The summed E-state index contributed by atoms with van der Waals surface area (Å²) in [5, 5.41) is 16.2. The standard InChI is InChI=1S/C17H20ClF2N3OS.HI/c1-2-21-17(23-10-14(24)15-5-6-16(18)25-15)22-8-7-11-9-12(19)3-4-13(11)20;/h3-6,9,14,24H,2,7-8,10H2,1H3,(H2,21,22,23);1H. The molecule has 3 N–H and O–H groups in total. The van der Waals surface area contributed by atoms with Gasteiger partial charge in [-0.1, -0.05) is 11.6 Å². The number of hydrogen-bond acceptors (Lipinski definition) is 3. The highest BCUT2D eigenvalue weighted by atomic mass is 127. The molecule has 26 heavy (non-hydrogen) atoms. The van der Waals surface area contributed by atoms with Gasteiger partial charge in [-0.15, -0.1) is 35.3 Å². The number of thiophene rings is 1. The summed E-state index contributed by atoms with van der Waals surface area (Å²) < 4.78 is 27.4. The van der Waals surface area contributed by atoms with Crippen molar-refractivity contribution in [2.24, 2.45) is 4.99 Å². The summed E-state index contributed by atoms with van der Waals surface area (Å²) >= 11 is 7.16. The van der Waals surface area contributed by atoms with E-state index >= 15 is 0 Å². The van der Waals surface area contributed by atoms with E-state index in [1.165, 1.54) is 17.4 Å². The zero-order valence-corrected chi connectivity index (χ0v) is 18.0. The highest BCUT2D eigenvalue weighted by Gasteiger charge is 2.10. The number of hydrogen-bond donors (Lipinski definition) is 3. The number of aliphatic hydroxyl groups excluding tert-OH is 1. The Morgan fingerprint density at radius 1 is 1.27 bits per heavy atom. The van der Waals surface area contributed by atoms with Crippen LogP contribution in [0.1, 0.15) is 23.5 Å². The minimum Gasteiger partial charge on any atom is -0.386 e. The maximum Gasteiger partial charge on any atom is 0.191 e. The predicted molar refractivity (Wildman–Crippen MR) is 114 cm³/mol. The van der Waals surface area contributed by atoms with Gasteiger partial charge in [0.1, 0.15) is 17.7 Å². The molecule has 0 fully saturated rings. The Balaban J connectivity index is 0.00000338. The highest BCUT2D eigenvalue weighted by molar-refractivity contribution is 14.0. The van der Waals surface area contributed by atoms with Crippen LogP contribution in [0.15, 0.2) is 35.3 Å². The quantitative estimate of drug-likeness (QED) is 0.295. The van der Waals surface area contributed by atoms with Gasteiger partial charge in [-0.05, 0) is 49.2 Å². The van der Waals surface area contributed by atoms with Crippen molar-refractivity contribution >= 4 is 52.9 Å². The average molecular weight is 516 g/mol. The minimum absolute atomic E-state index is 0. The molecule has 1 heterocycles. The van der Waals surface area contributed by atoms with E-state index in [2.05, 4.69) is 15.6 Å². The predicted octanol–water partition coefficient (Wildman–Crippen LogP) is 4.13. The van der Waals surface area contributed by atoms with Crippen molar-refractivity contribution < 1.29 is 13.9 Å². The van der Waals surface area contributed by atoms with E-state index in [0.29, 0.717) is 35.4 Å². The Kier molecular flexibility index (Phi) is 10.4. The number of halogens is 4. The molecular weight excluding hydrogens is 495 g/mol. The molecule has 0 saturated carbocycles. The molecule has 0 spiro atoms. The third-order valence-electron chi connectivity index (χ3n) is 3.38. The van der Waals surface area contributed by atoms with Gasteiger partial charge in [0.05, 0.1) is 10.9 Å². The van der Waals surface area contributed by atoms with E-state index in [4.69, 9.17) is 11.6 Å². The fourth-order valence-corrected chi connectivity index (χ4v) is 3.21. The highest BCUT2D eigenvalue weighted by Crippen LogP contribution is 2.26. The van der Waals surface area contributed by atoms with E-state index < -0.39 is 17.7 Å². The molecule has 0 aliphatic heterocycles. The SMILES string of the molecule is CCNC(=NCC(O)c1ccc(Cl)s1)NCCc1cc(F)ccc1F.I. The van der Waals surface area contributed by atoms with Crippen LogP contribution in [0, 0.1) is 11.6 Å². The first-order chi connectivity index (χ1) is 12.0. The summed E-state index contributed by atoms with van der Waals surface area (Å²) in [5.41, 5.74) is 0.302. The lowest BCUT2D eigenvalue weighted by Gasteiger charge is -2.13. The van der Waals surface area contributed by atoms with Crippen LogP contribution in [0.25, 0.3) is 0 Å². The monoisotopic (exact) mass is 515 g/mol. The van der Waals surface area contributed by atoms with Crippen LogP contribution in [-0.4, -0.2) is 30.7 Å². The molecule has 0 aliphatic rings. The first-order valence-corrected chi connectivity index (χ1v) is 9.08. The van der Waals surface area contributed by atoms with Crippen LogP contribution in [0.2, 0.25) is 4.34 Å². The number of aliphatic hydroxyl groups is 1. The van der Waals surface area contributed by atoms with Gasteiger partial charge in [0.25, 0.3) is 0 Å². The van der Waals surface area contributed by atoms with Gasteiger partial charge in [-0.25, -0.2) is 8.78 Å². The lowest BCUT2D eigenvalue weighted by Crippen LogP contribution is -2.38. The molecule has 1 aromatic heterocycles. The molecule has 0 amide bonds. The van der Waals surface area contributed by atoms with Gasteiger partial charge in [-0.2, -0.15) is 0 Å². The largest absolute Gasteiger partial charge is 0.386 e.